The molecule has 0 fully saturated rings. The molecule has 2 rings (SSSR count). The number of hydrazine groups is 1. The van der Waals surface area contributed by atoms with Gasteiger partial charge in [-0.05, 0) is 67.1 Å². The van der Waals surface area contributed by atoms with Crippen LogP contribution in [0.1, 0.15) is 18.1 Å². The zero-order valence-corrected chi connectivity index (χ0v) is 14.8. The number of hydrogen-bond donors (Lipinski definition) is 4. The summed E-state index contributed by atoms with van der Waals surface area (Å²) in [6, 6.07) is 16.1. The lowest BCUT2D eigenvalue weighted by molar-refractivity contribution is 0.885. The number of rotatable bonds is 3. The van der Waals surface area contributed by atoms with Gasteiger partial charge in [-0.2, -0.15) is 0 Å². The lowest BCUT2D eigenvalue weighted by Gasteiger charge is -2.15. The van der Waals surface area contributed by atoms with E-state index in [-0.39, 0.29) is 0 Å². The van der Waals surface area contributed by atoms with Gasteiger partial charge < -0.3 is 10.6 Å². The van der Waals surface area contributed by atoms with E-state index < -0.39 is 0 Å². The second-order valence-corrected chi connectivity index (χ2v) is 5.84. The van der Waals surface area contributed by atoms with Crippen LogP contribution in [0.15, 0.2) is 48.5 Å². The molecule has 2 aromatic carbocycles. The molecule has 0 bridgehead atoms. The Morgan fingerprint density at radius 2 is 1.61 bits per heavy atom. The smallest absolute Gasteiger partial charge is 0.189 e. The number of para-hydroxylation sites is 1. The number of aryl methyl sites for hydroxylation is 2. The van der Waals surface area contributed by atoms with E-state index in [9.17, 15) is 0 Å². The van der Waals surface area contributed by atoms with Gasteiger partial charge in [0.15, 0.2) is 10.2 Å². The summed E-state index contributed by atoms with van der Waals surface area (Å²) in [5.74, 6) is 0. The maximum atomic E-state index is 5.25. The first-order valence-corrected chi connectivity index (χ1v) is 8.18. The molecule has 0 aromatic heterocycles. The lowest BCUT2D eigenvalue weighted by Crippen LogP contribution is -2.45. The normalized spacial score (nSPS) is 9.83. The summed E-state index contributed by atoms with van der Waals surface area (Å²) < 4.78 is 0. The van der Waals surface area contributed by atoms with Crippen LogP contribution in [0.4, 0.5) is 11.4 Å². The summed E-state index contributed by atoms with van der Waals surface area (Å²) in [7, 11) is 0. The van der Waals surface area contributed by atoms with Gasteiger partial charge >= 0.3 is 0 Å². The van der Waals surface area contributed by atoms with E-state index in [4.69, 9.17) is 24.4 Å². The Morgan fingerprint density at radius 3 is 2.30 bits per heavy atom. The maximum Gasteiger partial charge on any atom is 0.189 e. The molecule has 6 heteroatoms. The molecule has 0 amide bonds. The summed E-state index contributed by atoms with van der Waals surface area (Å²) in [5, 5.41) is 7.14. The van der Waals surface area contributed by atoms with Gasteiger partial charge in [0, 0.05) is 11.4 Å². The molecule has 0 aliphatic rings. The molecule has 0 heterocycles. The van der Waals surface area contributed by atoms with Gasteiger partial charge in [0.2, 0.25) is 0 Å². The first kappa shape index (κ1) is 17.2. The van der Waals surface area contributed by atoms with Crippen LogP contribution >= 0.6 is 24.4 Å². The highest BCUT2D eigenvalue weighted by atomic mass is 32.1. The number of benzene rings is 2. The number of nitrogens with one attached hydrogen (secondary N) is 4. The highest BCUT2D eigenvalue weighted by Gasteiger charge is 2.02. The number of thiocarbonyl (C=S) groups is 2. The van der Waals surface area contributed by atoms with Crippen LogP contribution in [0.2, 0.25) is 0 Å². The van der Waals surface area contributed by atoms with Crippen molar-refractivity contribution in [3.8, 4) is 0 Å². The molecule has 0 saturated heterocycles. The van der Waals surface area contributed by atoms with Gasteiger partial charge in [-0.3, -0.25) is 10.9 Å². The average molecular weight is 345 g/mol. The van der Waals surface area contributed by atoms with E-state index in [1.54, 1.807) is 0 Å². The van der Waals surface area contributed by atoms with Crippen LogP contribution in [-0.4, -0.2) is 10.2 Å². The molecular formula is C17H20N4S2. The van der Waals surface area contributed by atoms with E-state index >= 15 is 0 Å². The topological polar surface area (TPSA) is 48.1 Å². The summed E-state index contributed by atoms with van der Waals surface area (Å²) in [5.41, 5.74) is 10.0. The van der Waals surface area contributed by atoms with Gasteiger partial charge in [0.1, 0.15) is 0 Å². The van der Waals surface area contributed by atoms with Crippen molar-refractivity contribution in [2.45, 2.75) is 20.3 Å². The Balaban J connectivity index is 1.82. The van der Waals surface area contributed by atoms with Crippen molar-refractivity contribution in [1.82, 2.24) is 10.9 Å². The predicted octanol–water partition coefficient (Wildman–Crippen LogP) is 3.75. The third kappa shape index (κ3) is 5.50. The van der Waals surface area contributed by atoms with Crippen molar-refractivity contribution >= 4 is 46.0 Å². The van der Waals surface area contributed by atoms with Crippen LogP contribution in [0.3, 0.4) is 0 Å². The first-order chi connectivity index (χ1) is 11.1. The monoisotopic (exact) mass is 344 g/mol. The molecule has 0 saturated carbocycles. The summed E-state index contributed by atoms with van der Waals surface area (Å²) in [4.78, 5) is 0. The molecule has 4 nitrogen and oxygen atoms in total. The predicted molar refractivity (Wildman–Crippen MR) is 106 cm³/mol. The van der Waals surface area contributed by atoms with E-state index in [1.165, 1.54) is 5.56 Å². The van der Waals surface area contributed by atoms with Crippen molar-refractivity contribution in [3.63, 3.8) is 0 Å². The molecular weight excluding hydrogens is 324 g/mol. The Hall–Kier alpha value is -2.18. The SMILES string of the molecule is CCc1cccc(NC(=S)NNC(=S)Nc2ccccc2C)c1. The van der Waals surface area contributed by atoms with Gasteiger partial charge in [-0.15, -0.1) is 0 Å². The van der Waals surface area contributed by atoms with Crippen LogP contribution < -0.4 is 21.5 Å². The number of hydrogen-bond acceptors (Lipinski definition) is 2. The maximum absolute atomic E-state index is 5.25. The third-order valence-corrected chi connectivity index (χ3v) is 3.68. The highest BCUT2D eigenvalue weighted by molar-refractivity contribution is 7.81. The van der Waals surface area contributed by atoms with E-state index in [2.05, 4.69) is 40.5 Å². The molecule has 0 aliphatic carbocycles. The van der Waals surface area contributed by atoms with Crippen molar-refractivity contribution < 1.29 is 0 Å². The second-order valence-electron chi connectivity index (χ2n) is 5.03. The van der Waals surface area contributed by atoms with Gasteiger partial charge in [0.25, 0.3) is 0 Å². The van der Waals surface area contributed by atoms with Crippen LogP contribution in [-0.2, 0) is 6.42 Å². The minimum atomic E-state index is 0.450. The minimum absolute atomic E-state index is 0.450. The standard InChI is InChI=1S/C17H20N4S2/c1-3-13-8-6-9-14(11-13)18-16(22)20-21-17(23)19-15-10-5-4-7-12(15)2/h4-11H,3H2,1-2H3,(H2,18,20,22)(H2,19,21,23). The Kier molecular flexibility index (Phi) is 6.31. The lowest BCUT2D eigenvalue weighted by atomic mass is 10.1. The molecule has 0 radical (unpaired) electrons. The summed E-state index contributed by atoms with van der Waals surface area (Å²) in [6.07, 6.45) is 0.985. The van der Waals surface area contributed by atoms with Crippen LogP contribution in [0.25, 0.3) is 0 Å². The molecule has 120 valence electrons. The summed E-state index contributed by atoms with van der Waals surface area (Å²) >= 11 is 10.5. The van der Waals surface area contributed by atoms with Gasteiger partial charge in [0.05, 0.1) is 0 Å². The van der Waals surface area contributed by atoms with Crippen molar-refractivity contribution in [3.05, 3.63) is 59.7 Å². The van der Waals surface area contributed by atoms with Crippen LogP contribution in [0, 0.1) is 6.92 Å². The molecule has 23 heavy (non-hydrogen) atoms. The molecule has 4 N–H and O–H groups in total. The highest BCUT2D eigenvalue weighted by Crippen LogP contribution is 2.13. The Morgan fingerprint density at radius 1 is 0.913 bits per heavy atom. The Bertz CT molecular complexity index is 700. The van der Waals surface area contributed by atoms with Gasteiger partial charge in [-0.1, -0.05) is 37.3 Å². The summed E-state index contributed by atoms with van der Waals surface area (Å²) in [6.45, 7) is 4.14. The van der Waals surface area contributed by atoms with E-state index in [1.807, 2.05) is 43.3 Å². The molecule has 0 atom stereocenters. The molecule has 0 aliphatic heterocycles. The Labute approximate surface area is 147 Å². The molecule has 2 aromatic rings. The van der Waals surface area contributed by atoms with E-state index in [0.29, 0.717) is 10.2 Å². The van der Waals surface area contributed by atoms with Crippen LogP contribution in [0.5, 0.6) is 0 Å². The molecule has 0 spiro atoms. The second kappa shape index (κ2) is 8.45. The zero-order chi connectivity index (χ0) is 16.7. The van der Waals surface area contributed by atoms with Crippen molar-refractivity contribution in [1.29, 1.82) is 0 Å². The minimum Gasteiger partial charge on any atom is -0.331 e. The van der Waals surface area contributed by atoms with Gasteiger partial charge in [-0.25, -0.2) is 0 Å². The quantitative estimate of drug-likeness (QED) is 0.503. The van der Waals surface area contributed by atoms with Crippen molar-refractivity contribution in [2.75, 3.05) is 10.6 Å². The number of anilines is 2. The fourth-order valence-electron chi connectivity index (χ4n) is 2.01. The average Bonchev–Trinajstić information content (AvgIpc) is 2.55. The molecule has 0 unspecified atom stereocenters. The first-order valence-electron chi connectivity index (χ1n) is 7.37. The zero-order valence-electron chi connectivity index (χ0n) is 13.1. The van der Waals surface area contributed by atoms with Crippen molar-refractivity contribution in [2.24, 2.45) is 0 Å². The fraction of sp³-hybridized carbons (Fsp3) is 0.176. The fourth-order valence-corrected chi connectivity index (χ4v) is 2.34. The van der Waals surface area contributed by atoms with E-state index in [0.717, 1.165) is 23.4 Å². The largest absolute Gasteiger partial charge is 0.331 e. The third-order valence-electron chi connectivity index (χ3n) is 3.28.